The molecule has 8 rings (SSSR count). The number of hydrogen-bond donors (Lipinski definition) is 7. The standard InChI is InChI=1S/C45H41ClN6O12S2.C2H6/c1-23-36(52-38(24-6-9-26(46)10-7-24)29-21-27(62-2)11-17-35(29)51-23)22-37(53)49-18-4-3-5-19-50-43(54)25-8-12-30-28(20-25)44(55)64-45(30)31-13-15-33(47)41(65(56,57)58)39(31)63-40-32(45)14-16-34(48)42(40)66(59,60)61;1-2/h6-17,20-21,36,51H,1,3-5,18-19,22,47-48H2,2H3,(H,49,53)(H,50,54)(H,56,57,58)(H,59,60,61);1-2H3/t36-;/m0./s1. The summed E-state index contributed by atoms with van der Waals surface area (Å²) in [5.41, 5.74) is 12.0. The number of ether oxygens (including phenoxy) is 3. The second-order valence-corrected chi connectivity index (χ2v) is 18.7. The highest BCUT2D eigenvalue weighted by Gasteiger charge is 2.56. The molecule has 0 aliphatic carbocycles. The van der Waals surface area contributed by atoms with Crippen LogP contribution < -0.4 is 36.9 Å². The van der Waals surface area contributed by atoms with Crippen molar-refractivity contribution >= 4 is 72.4 Å². The minimum absolute atomic E-state index is 0.0345. The first-order valence-corrected chi connectivity index (χ1v) is 24.5. The van der Waals surface area contributed by atoms with Gasteiger partial charge in [-0.3, -0.25) is 23.7 Å². The Kier molecular flexibility index (Phi) is 13.9. The van der Waals surface area contributed by atoms with Crippen LogP contribution in [0.25, 0.3) is 0 Å². The van der Waals surface area contributed by atoms with E-state index in [1.54, 1.807) is 19.2 Å². The monoisotopic (exact) mass is 986 g/mol. The number of nitrogens with one attached hydrogen (secondary N) is 3. The third-order valence-electron chi connectivity index (χ3n) is 11.3. The number of rotatable bonds is 13. The van der Waals surface area contributed by atoms with Gasteiger partial charge in [0, 0.05) is 62.9 Å². The number of anilines is 3. The van der Waals surface area contributed by atoms with Crippen LogP contribution in [-0.4, -0.2) is 75.7 Å². The molecule has 1 spiro atoms. The molecule has 3 heterocycles. The fraction of sp³-hybridized carbons (Fsp3) is 0.234. The van der Waals surface area contributed by atoms with Crippen LogP contribution in [0.4, 0.5) is 17.1 Å². The van der Waals surface area contributed by atoms with Crippen molar-refractivity contribution in [2.45, 2.75) is 61.0 Å². The highest BCUT2D eigenvalue weighted by Crippen LogP contribution is 2.59. The lowest BCUT2D eigenvalue weighted by Crippen LogP contribution is -2.34. The van der Waals surface area contributed by atoms with E-state index in [1.807, 2.05) is 44.2 Å². The zero-order chi connectivity index (χ0) is 49.3. The summed E-state index contributed by atoms with van der Waals surface area (Å²) < 4.78 is 88.0. The van der Waals surface area contributed by atoms with Crippen LogP contribution in [0.2, 0.25) is 5.02 Å². The number of hydrogen-bond acceptors (Lipinski definition) is 14. The number of carbonyl (C=O) groups is 3. The van der Waals surface area contributed by atoms with Crippen LogP contribution in [0.5, 0.6) is 17.2 Å². The first kappa shape index (κ1) is 48.9. The third kappa shape index (κ3) is 9.32. The summed E-state index contributed by atoms with van der Waals surface area (Å²) in [5, 5.41) is 9.63. The Morgan fingerprint density at radius 1 is 0.824 bits per heavy atom. The molecule has 5 aromatic carbocycles. The Morgan fingerprint density at radius 2 is 1.41 bits per heavy atom. The largest absolute Gasteiger partial charge is 0.497 e. The number of unbranched alkanes of at least 4 members (excludes halogenated alkanes) is 2. The van der Waals surface area contributed by atoms with E-state index in [0.29, 0.717) is 48.0 Å². The van der Waals surface area contributed by atoms with Crippen molar-refractivity contribution in [1.82, 2.24) is 10.6 Å². The van der Waals surface area contributed by atoms with E-state index in [9.17, 15) is 40.3 Å². The highest BCUT2D eigenvalue weighted by molar-refractivity contribution is 7.86. The number of nitrogens with two attached hydrogens (primary N) is 2. The van der Waals surface area contributed by atoms with Gasteiger partial charge in [0.2, 0.25) is 5.91 Å². The van der Waals surface area contributed by atoms with Crippen molar-refractivity contribution < 1.29 is 54.5 Å². The predicted molar refractivity (Wildman–Crippen MR) is 255 cm³/mol. The zero-order valence-electron chi connectivity index (χ0n) is 36.9. The van der Waals surface area contributed by atoms with Crippen molar-refractivity contribution in [3.8, 4) is 17.2 Å². The van der Waals surface area contributed by atoms with E-state index in [4.69, 9.17) is 42.3 Å². The topological polar surface area (TPSA) is 288 Å². The lowest BCUT2D eigenvalue weighted by atomic mass is 9.77. The molecule has 3 aliphatic rings. The van der Waals surface area contributed by atoms with Crippen LogP contribution in [0.1, 0.15) is 88.1 Å². The summed E-state index contributed by atoms with van der Waals surface area (Å²) in [7, 11) is -8.74. The van der Waals surface area contributed by atoms with Crippen molar-refractivity contribution in [2.75, 3.05) is 37.0 Å². The molecule has 0 saturated heterocycles. The molecule has 0 fully saturated rings. The van der Waals surface area contributed by atoms with Gasteiger partial charge < -0.3 is 41.6 Å². The van der Waals surface area contributed by atoms with E-state index in [-0.39, 0.29) is 46.7 Å². The van der Waals surface area contributed by atoms with Gasteiger partial charge in [0.1, 0.15) is 5.75 Å². The first-order valence-electron chi connectivity index (χ1n) is 21.2. The van der Waals surface area contributed by atoms with Gasteiger partial charge in [0.05, 0.1) is 42.2 Å². The molecule has 0 radical (unpaired) electrons. The minimum Gasteiger partial charge on any atom is -0.497 e. The van der Waals surface area contributed by atoms with E-state index < -0.39 is 76.4 Å². The Bertz CT molecular complexity index is 3060. The molecule has 5 aromatic rings. The highest BCUT2D eigenvalue weighted by atomic mass is 35.5. The second-order valence-electron chi connectivity index (χ2n) is 15.5. The van der Waals surface area contributed by atoms with Crippen LogP contribution in [0.15, 0.2) is 112 Å². The van der Waals surface area contributed by atoms with Crippen molar-refractivity contribution in [3.63, 3.8) is 0 Å². The Labute approximate surface area is 397 Å². The molecule has 0 saturated carbocycles. The van der Waals surface area contributed by atoms with Gasteiger partial charge in [-0.05, 0) is 86.0 Å². The summed E-state index contributed by atoms with van der Waals surface area (Å²) in [5.74, 6) is -2.47. The van der Waals surface area contributed by atoms with Gasteiger partial charge in [0.25, 0.3) is 26.1 Å². The van der Waals surface area contributed by atoms with Crippen LogP contribution >= 0.6 is 11.6 Å². The lowest BCUT2D eigenvalue weighted by molar-refractivity contribution is -0.121. The third-order valence-corrected chi connectivity index (χ3v) is 13.4. The number of benzodiazepines with no additional fused rings is 1. The fourth-order valence-electron chi connectivity index (χ4n) is 8.23. The predicted octanol–water partition coefficient (Wildman–Crippen LogP) is 6.85. The lowest BCUT2D eigenvalue weighted by Gasteiger charge is -2.37. The average Bonchev–Trinajstić information content (AvgIpc) is 3.50. The normalized spacial score (nSPS) is 15.3. The number of carbonyl (C=O) groups excluding carboxylic acids is 3. The van der Waals surface area contributed by atoms with Gasteiger partial charge in [-0.1, -0.05) is 50.2 Å². The number of methoxy groups -OCH3 is 1. The quantitative estimate of drug-likeness (QED) is 0.0275. The maximum Gasteiger partial charge on any atom is 0.340 e. The molecule has 21 heteroatoms. The van der Waals surface area contributed by atoms with E-state index >= 15 is 0 Å². The number of fused-ring (bicyclic) bond motifs is 7. The van der Waals surface area contributed by atoms with Gasteiger partial charge >= 0.3 is 5.97 Å². The maximum atomic E-state index is 13.7. The number of nitrogens with zero attached hydrogens (tertiary/aromatic N) is 1. The van der Waals surface area contributed by atoms with Gasteiger partial charge in [-0.25, -0.2) is 4.79 Å². The molecule has 1 atom stereocenters. The molecule has 2 amide bonds. The number of halogens is 1. The van der Waals surface area contributed by atoms with E-state index in [0.717, 1.165) is 28.9 Å². The number of esters is 1. The van der Waals surface area contributed by atoms with Gasteiger partial charge in [-0.15, -0.1) is 0 Å². The van der Waals surface area contributed by atoms with Crippen LogP contribution in [0, 0.1) is 0 Å². The first-order chi connectivity index (χ1) is 32.3. The molecule has 356 valence electrons. The number of amides is 2. The van der Waals surface area contributed by atoms with Crippen molar-refractivity contribution in [3.05, 3.63) is 141 Å². The Morgan fingerprint density at radius 3 is 2.00 bits per heavy atom. The smallest absolute Gasteiger partial charge is 0.340 e. The molecule has 68 heavy (non-hydrogen) atoms. The Balaban J connectivity index is 0.00000338. The average molecular weight is 988 g/mol. The van der Waals surface area contributed by atoms with Gasteiger partial charge in [0.15, 0.2) is 26.9 Å². The minimum atomic E-state index is -5.16. The molecule has 18 nitrogen and oxygen atoms in total. The van der Waals surface area contributed by atoms with Crippen molar-refractivity contribution in [1.29, 1.82) is 0 Å². The molecular weight excluding hydrogens is 940 g/mol. The summed E-state index contributed by atoms with van der Waals surface area (Å²) in [6.45, 7) is 8.78. The van der Waals surface area contributed by atoms with Gasteiger partial charge in [-0.2, -0.15) is 16.8 Å². The van der Waals surface area contributed by atoms with Crippen LogP contribution in [-0.2, 0) is 35.4 Å². The molecule has 3 aliphatic heterocycles. The molecular formula is C47H47ClN6O12S2. The summed E-state index contributed by atoms with van der Waals surface area (Å²) in [4.78, 5) is 43.3. The Hall–Kier alpha value is -6.97. The second kappa shape index (κ2) is 19.3. The molecule has 0 bridgehead atoms. The maximum absolute atomic E-state index is 13.7. The molecule has 0 aromatic heterocycles. The summed E-state index contributed by atoms with van der Waals surface area (Å²) in [6.07, 6.45) is 1.82. The van der Waals surface area contributed by atoms with Crippen molar-refractivity contribution in [2.24, 2.45) is 4.99 Å². The van der Waals surface area contributed by atoms with E-state index in [1.165, 1.54) is 30.3 Å². The summed E-state index contributed by atoms with van der Waals surface area (Å²) >= 11 is 6.16. The zero-order valence-corrected chi connectivity index (χ0v) is 39.3. The van der Waals surface area contributed by atoms with E-state index in [2.05, 4.69) is 22.5 Å². The van der Waals surface area contributed by atoms with Crippen LogP contribution in [0.3, 0.4) is 0 Å². The number of aliphatic imine (C=N–C) groups is 1. The summed E-state index contributed by atoms with van der Waals surface area (Å²) in [6, 6.07) is 21.1. The SMILES string of the molecule is C=C1Nc2ccc(OC)cc2C(c2ccc(Cl)cc2)=N[C@H]1CC(=O)NCCCCCNC(=O)c1ccc2c(c1)C(=O)OC21c2ccc(N)c(S(=O)(=O)O)c2Oc2c1ccc(N)c2S(=O)(=O)O.CC. The number of benzene rings is 5. The fourth-order valence-corrected chi connectivity index (χ4v) is 9.86. The molecule has 0 unspecified atom stereocenters. The number of nitrogen functional groups attached to an aromatic ring is 2. The molecule has 9 N–H and O–H groups in total.